The molecule has 7 heteroatoms. The average molecular weight is 244 g/mol. The normalized spacial score (nSPS) is 23.1. The Balaban J connectivity index is 1.87. The Kier molecular flexibility index (Phi) is 3.25. The van der Waals surface area contributed by atoms with E-state index in [9.17, 15) is 8.42 Å². The molecule has 0 aliphatic carbocycles. The van der Waals surface area contributed by atoms with Crippen LogP contribution in [0.1, 0.15) is 31.6 Å². The number of aromatic nitrogens is 3. The fraction of sp³-hybridized carbons (Fsp3) is 0.778. The minimum atomic E-state index is -2.78. The van der Waals surface area contributed by atoms with E-state index in [0.717, 1.165) is 5.82 Å². The molecule has 0 aromatic carbocycles. The molecule has 0 radical (unpaired) electrons. The Hall–Kier alpha value is -0.950. The molecular formula is C9H16N4O2S. The van der Waals surface area contributed by atoms with Crippen LogP contribution in [0.4, 0.5) is 0 Å². The minimum Gasteiger partial charge on any atom is -0.305 e. The highest BCUT2D eigenvalue weighted by Gasteiger charge is 2.25. The van der Waals surface area contributed by atoms with Crippen molar-refractivity contribution in [2.45, 2.75) is 31.8 Å². The molecule has 1 saturated heterocycles. The summed E-state index contributed by atoms with van der Waals surface area (Å²) in [6.07, 6.45) is 2.83. The third-order valence-electron chi connectivity index (χ3n) is 2.88. The Morgan fingerprint density at radius 2 is 2.19 bits per heavy atom. The lowest BCUT2D eigenvalue weighted by Crippen LogP contribution is -2.39. The van der Waals surface area contributed by atoms with Crippen LogP contribution in [0, 0.1) is 0 Å². The first-order valence-corrected chi connectivity index (χ1v) is 7.21. The quantitative estimate of drug-likeness (QED) is 0.783. The van der Waals surface area contributed by atoms with Crippen LogP contribution >= 0.6 is 0 Å². The van der Waals surface area contributed by atoms with Crippen molar-refractivity contribution in [1.82, 2.24) is 20.5 Å². The van der Waals surface area contributed by atoms with Gasteiger partial charge in [-0.1, -0.05) is 0 Å². The zero-order chi connectivity index (χ0) is 11.6. The van der Waals surface area contributed by atoms with Crippen molar-refractivity contribution in [2.24, 2.45) is 0 Å². The van der Waals surface area contributed by atoms with E-state index in [-0.39, 0.29) is 23.6 Å². The van der Waals surface area contributed by atoms with Gasteiger partial charge in [0.2, 0.25) is 0 Å². The van der Waals surface area contributed by atoms with Crippen molar-refractivity contribution in [3.63, 3.8) is 0 Å². The first-order chi connectivity index (χ1) is 7.57. The predicted molar refractivity (Wildman–Crippen MR) is 59.6 cm³/mol. The molecule has 0 bridgehead atoms. The number of H-pyrrole nitrogens is 1. The SMILES string of the molecule is CC(NC1CCS(=O)(=O)CC1)c1ncn[nH]1. The van der Waals surface area contributed by atoms with Gasteiger partial charge in [-0.15, -0.1) is 0 Å². The molecule has 6 nitrogen and oxygen atoms in total. The number of sulfone groups is 1. The Bertz CT molecular complexity index is 414. The maximum absolute atomic E-state index is 11.3. The van der Waals surface area contributed by atoms with Crippen molar-refractivity contribution in [2.75, 3.05) is 11.5 Å². The number of nitrogens with one attached hydrogen (secondary N) is 2. The summed E-state index contributed by atoms with van der Waals surface area (Å²) in [5.74, 6) is 1.36. The van der Waals surface area contributed by atoms with E-state index >= 15 is 0 Å². The van der Waals surface area contributed by atoms with Crippen LogP contribution in [-0.2, 0) is 9.84 Å². The smallest absolute Gasteiger partial charge is 0.150 e. The van der Waals surface area contributed by atoms with Crippen LogP contribution in [-0.4, -0.2) is 41.1 Å². The molecule has 0 saturated carbocycles. The van der Waals surface area contributed by atoms with E-state index in [1.165, 1.54) is 6.33 Å². The van der Waals surface area contributed by atoms with Gasteiger partial charge in [-0.05, 0) is 19.8 Å². The lowest BCUT2D eigenvalue weighted by atomic mass is 10.1. The van der Waals surface area contributed by atoms with Crippen LogP contribution < -0.4 is 5.32 Å². The Morgan fingerprint density at radius 3 is 2.75 bits per heavy atom. The van der Waals surface area contributed by atoms with Crippen LogP contribution in [0.15, 0.2) is 6.33 Å². The summed E-state index contributed by atoms with van der Waals surface area (Å²) in [6, 6.07) is 0.330. The van der Waals surface area contributed by atoms with Crippen molar-refractivity contribution in [1.29, 1.82) is 0 Å². The molecule has 1 aromatic heterocycles. The summed E-state index contributed by atoms with van der Waals surface area (Å²) in [7, 11) is -2.78. The second-order valence-corrected chi connectivity index (χ2v) is 6.49. The van der Waals surface area contributed by atoms with Gasteiger partial charge < -0.3 is 5.32 Å². The van der Waals surface area contributed by atoms with Crippen molar-refractivity contribution in [3.05, 3.63) is 12.2 Å². The Labute approximate surface area is 94.8 Å². The number of nitrogens with zero attached hydrogens (tertiary/aromatic N) is 2. The molecule has 1 aliphatic rings. The molecule has 0 amide bonds. The lowest BCUT2D eigenvalue weighted by Gasteiger charge is -2.25. The van der Waals surface area contributed by atoms with Crippen molar-refractivity contribution >= 4 is 9.84 Å². The molecule has 1 aliphatic heterocycles. The van der Waals surface area contributed by atoms with Gasteiger partial charge in [-0.2, -0.15) is 5.10 Å². The number of rotatable bonds is 3. The van der Waals surface area contributed by atoms with E-state index < -0.39 is 9.84 Å². The molecule has 0 spiro atoms. The van der Waals surface area contributed by atoms with Gasteiger partial charge in [-0.25, -0.2) is 13.4 Å². The van der Waals surface area contributed by atoms with E-state index in [4.69, 9.17) is 0 Å². The number of hydrogen-bond donors (Lipinski definition) is 2. The van der Waals surface area contributed by atoms with Gasteiger partial charge in [0.05, 0.1) is 17.5 Å². The summed E-state index contributed by atoms with van der Waals surface area (Å²) in [5, 5.41) is 9.95. The van der Waals surface area contributed by atoms with Crippen LogP contribution in [0.3, 0.4) is 0 Å². The summed E-state index contributed by atoms with van der Waals surface area (Å²) in [5.41, 5.74) is 0. The molecule has 2 rings (SSSR count). The van der Waals surface area contributed by atoms with E-state index in [0.29, 0.717) is 12.8 Å². The van der Waals surface area contributed by atoms with Gasteiger partial charge in [0.25, 0.3) is 0 Å². The molecule has 1 atom stereocenters. The van der Waals surface area contributed by atoms with Gasteiger partial charge in [-0.3, -0.25) is 5.10 Å². The number of aromatic amines is 1. The second-order valence-electron chi connectivity index (χ2n) is 4.19. The maximum Gasteiger partial charge on any atom is 0.150 e. The summed E-state index contributed by atoms with van der Waals surface area (Å²) in [4.78, 5) is 4.06. The van der Waals surface area contributed by atoms with Crippen molar-refractivity contribution < 1.29 is 8.42 Å². The maximum atomic E-state index is 11.3. The first kappa shape index (κ1) is 11.5. The van der Waals surface area contributed by atoms with Gasteiger partial charge in [0.1, 0.15) is 22.0 Å². The lowest BCUT2D eigenvalue weighted by molar-refractivity contribution is 0.411. The van der Waals surface area contributed by atoms with Crippen molar-refractivity contribution in [3.8, 4) is 0 Å². The van der Waals surface area contributed by atoms with E-state index in [1.54, 1.807) is 0 Å². The monoisotopic (exact) mass is 244 g/mol. The summed E-state index contributed by atoms with van der Waals surface area (Å²) in [6.45, 7) is 1.99. The predicted octanol–water partition coefficient (Wildman–Crippen LogP) is 0.0325. The minimum absolute atomic E-state index is 0.0771. The average Bonchev–Trinajstić information content (AvgIpc) is 2.74. The molecule has 1 aromatic rings. The number of hydrogen-bond acceptors (Lipinski definition) is 5. The third-order valence-corrected chi connectivity index (χ3v) is 4.60. The van der Waals surface area contributed by atoms with Crippen LogP contribution in [0.25, 0.3) is 0 Å². The second kappa shape index (κ2) is 4.50. The summed E-state index contributed by atoms with van der Waals surface area (Å²) < 4.78 is 22.5. The molecule has 2 N–H and O–H groups in total. The fourth-order valence-corrected chi connectivity index (χ4v) is 3.40. The topological polar surface area (TPSA) is 87.7 Å². The molecule has 1 fully saturated rings. The molecule has 2 heterocycles. The highest BCUT2D eigenvalue weighted by atomic mass is 32.2. The highest BCUT2D eigenvalue weighted by molar-refractivity contribution is 7.91. The fourth-order valence-electron chi connectivity index (χ4n) is 1.91. The van der Waals surface area contributed by atoms with Gasteiger partial charge >= 0.3 is 0 Å². The summed E-state index contributed by atoms with van der Waals surface area (Å²) >= 11 is 0. The first-order valence-electron chi connectivity index (χ1n) is 5.38. The third kappa shape index (κ3) is 2.79. The largest absolute Gasteiger partial charge is 0.305 e. The zero-order valence-electron chi connectivity index (χ0n) is 9.18. The molecule has 1 unspecified atom stereocenters. The zero-order valence-corrected chi connectivity index (χ0v) is 10.00. The Morgan fingerprint density at radius 1 is 1.50 bits per heavy atom. The molecule has 90 valence electrons. The van der Waals surface area contributed by atoms with Crippen LogP contribution in [0.5, 0.6) is 0 Å². The van der Waals surface area contributed by atoms with Gasteiger partial charge in [0, 0.05) is 6.04 Å². The molecular weight excluding hydrogens is 228 g/mol. The van der Waals surface area contributed by atoms with E-state index in [2.05, 4.69) is 20.5 Å². The van der Waals surface area contributed by atoms with E-state index in [1.807, 2.05) is 6.92 Å². The molecule has 16 heavy (non-hydrogen) atoms. The van der Waals surface area contributed by atoms with Crippen LogP contribution in [0.2, 0.25) is 0 Å². The van der Waals surface area contributed by atoms with Gasteiger partial charge in [0.15, 0.2) is 0 Å². The standard InChI is InChI=1S/C9H16N4O2S/c1-7(9-10-6-11-13-9)12-8-2-4-16(14,15)5-3-8/h6-8,12H,2-5H2,1H3,(H,10,11,13). The highest BCUT2D eigenvalue weighted by Crippen LogP contribution is 2.15.